The summed E-state index contributed by atoms with van der Waals surface area (Å²) >= 11 is 6.05. The van der Waals surface area contributed by atoms with E-state index in [0.717, 1.165) is 11.1 Å². The molecule has 9 nitrogen and oxygen atoms in total. The molecule has 2 unspecified atom stereocenters. The van der Waals surface area contributed by atoms with Gasteiger partial charge in [0.1, 0.15) is 17.3 Å². The van der Waals surface area contributed by atoms with Crippen molar-refractivity contribution in [1.82, 2.24) is 15.5 Å². The molecule has 36 heavy (non-hydrogen) atoms. The van der Waals surface area contributed by atoms with Gasteiger partial charge in [0.2, 0.25) is 5.91 Å². The third kappa shape index (κ3) is 7.46. The standard InChI is InChI=1S/C26H35ClN4O5/c1-31(15-28-16-33)25-22(26(36)29-10-3-11-32)14-19(12-17-6-8-20(27)9-7-17)23(30-25)24(35)18-4-2-5-21(34)13-18/h6-9,18,22,28,32-33H,2-5,10-16H2,1H3,(H,29,36). The number of amidine groups is 1. The number of ketones is 2. The maximum atomic E-state index is 13.7. The van der Waals surface area contributed by atoms with Gasteiger partial charge in [0, 0.05) is 44.0 Å². The largest absolute Gasteiger partial charge is 0.396 e. The average Bonchev–Trinajstić information content (AvgIpc) is 2.88. The van der Waals surface area contributed by atoms with E-state index in [1.54, 1.807) is 24.1 Å². The third-order valence-electron chi connectivity index (χ3n) is 6.54. The predicted molar refractivity (Wildman–Crippen MR) is 137 cm³/mol. The number of hydrogen-bond donors (Lipinski definition) is 4. The van der Waals surface area contributed by atoms with Gasteiger partial charge in [-0.15, -0.1) is 0 Å². The van der Waals surface area contributed by atoms with Crippen LogP contribution < -0.4 is 10.6 Å². The lowest BCUT2D eigenvalue weighted by atomic mass is 9.81. The van der Waals surface area contributed by atoms with Crippen molar-refractivity contribution in [1.29, 1.82) is 0 Å². The Bertz CT molecular complexity index is 1010. The lowest BCUT2D eigenvalue weighted by Crippen LogP contribution is -2.47. The normalized spacial score (nSPS) is 20.2. The number of hydrogen-bond acceptors (Lipinski definition) is 8. The number of benzene rings is 1. The number of carbonyl (C=O) groups is 3. The second-order valence-corrected chi connectivity index (χ2v) is 9.75. The Morgan fingerprint density at radius 1 is 1.19 bits per heavy atom. The highest BCUT2D eigenvalue weighted by atomic mass is 35.5. The minimum atomic E-state index is -0.652. The number of aliphatic hydroxyl groups excluding tert-OH is 2. The maximum Gasteiger partial charge on any atom is 0.231 e. The minimum absolute atomic E-state index is 0.0350. The maximum absolute atomic E-state index is 13.7. The minimum Gasteiger partial charge on any atom is -0.396 e. The Kier molecular flexibility index (Phi) is 10.6. The highest BCUT2D eigenvalue weighted by Crippen LogP contribution is 2.33. The van der Waals surface area contributed by atoms with Gasteiger partial charge >= 0.3 is 0 Å². The topological polar surface area (TPSA) is 131 Å². The summed E-state index contributed by atoms with van der Waals surface area (Å²) in [4.78, 5) is 45.4. The number of nitrogens with one attached hydrogen (secondary N) is 2. The molecule has 0 saturated heterocycles. The van der Waals surface area contributed by atoms with Crippen LogP contribution in [0.3, 0.4) is 0 Å². The molecular weight excluding hydrogens is 484 g/mol. The Balaban J connectivity index is 2.00. The molecule has 2 aliphatic rings. The van der Waals surface area contributed by atoms with E-state index in [1.165, 1.54) is 0 Å². The number of halogens is 1. The van der Waals surface area contributed by atoms with Crippen LogP contribution >= 0.6 is 11.6 Å². The molecule has 1 aromatic rings. The first-order valence-corrected chi connectivity index (χ1v) is 12.7. The first-order chi connectivity index (χ1) is 17.3. The van der Waals surface area contributed by atoms with Crippen molar-refractivity contribution < 1.29 is 24.6 Å². The number of aliphatic imine (C=N–C) groups is 1. The average molecular weight is 519 g/mol. The van der Waals surface area contributed by atoms with Gasteiger partial charge in [0.15, 0.2) is 5.78 Å². The molecule has 1 aliphatic carbocycles. The van der Waals surface area contributed by atoms with Crippen LogP contribution in [0.4, 0.5) is 0 Å². The number of aliphatic hydroxyl groups is 2. The van der Waals surface area contributed by atoms with Crippen molar-refractivity contribution in [2.24, 2.45) is 16.8 Å². The fourth-order valence-electron chi connectivity index (χ4n) is 4.66. The number of allylic oxidation sites excluding steroid dienone is 2. The zero-order chi connectivity index (χ0) is 26.1. The summed E-state index contributed by atoms with van der Waals surface area (Å²) in [6.07, 6.45) is 3.18. The van der Waals surface area contributed by atoms with E-state index in [2.05, 4.69) is 10.6 Å². The molecule has 0 bridgehead atoms. The van der Waals surface area contributed by atoms with E-state index >= 15 is 0 Å². The SMILES string of the molecule is CN(CNCO)C1=NC(C(=O)C2CCCC(=O)C2)=C(Cc2ccc(Cl)cc2)CC1C(=O)NCCCO. The first-order valence-electron chi connectivity index (χ1n) is 12.4. The van der Waals surface area contributed by atoms with Crippen LogP contribution in [0.1, 0.15) is 44.1 Å². The van der Waals surface area contributed by atoms with Crippen LogP contribution in [0.15, 0.2) is 40.5 Å². The van der Waals surface area contributed by atoms with Gasteiger partial charge in [-0.2, -0.15) is 0 Å². The van der Waals surface area contributed by atoms with Crippen LogP contribution in [0, 0.1) is 11.8 Å². The molecular formula is C26H35ClN4O5. The summed E-state index contributed by atoms with van der Waals surface area (Å²) in [6, 6.07) is 7.33. The molecule has 1 saturated carbocycles. The van der Waals surface area contributed by atoms with E-state index < -0.39 is 11.8 Å². The molecule has 1 fully saturated rings. The number of nitrogens with zero attached hydrogens (tertiary/aromatic N) is 2. The van der Waals surface area contributed by atoms with Crippen molar-refractivity contribution in [2.45, 2.75) is 44.9 Å². The molecule has 0 aromatic heterocycles. The molecule has 10 heteroatoms. The van der Waals surface area contributed by atoms with Gasteiger partial charge in [0.25, 0.3) is 0 Å². The number of carbonyl (C=O) groups excluding carboxylic acids is 3. The van der Waals surface area contributed by atoms with Crippen LogP contribution in [0.5, 0.6) is 0 Å². The van der Waals surface area contributed by atoms with Gasteiger partial charge in [-0.25, -0.2) is 4.99 Å². The second-order valence-electron chi connectivity index (χ2n) is 9.31. The third-order valence-corrected chi connectivity index (χ3v) is 6.80. The smallest absolute Gasteiger partial charge is 0.231 e. The summed E-state index contributed by atoms with van der Waals surface area (Å²) in [5, 5.41) is 24.6. The Morgan fingerprint density at radius 2 is 1.94 bits per heavy atom. The quantitative estimate of drug-likeness (QED) is 0.259. The van der Waals surface area contributed by atoms with Crippen LogP contribution in [-0.4, -0.2) is 72.0 Å². The molecule has 0 radical (unpaired) electrons. The van der Waals surface area contributed by atoms with E-state index in [0.29, 0.717) is 55.2 Å². The summed E-state index contributed by atoms with van der Waals surface area (Å²) in [5.74, 6) is -0.964. The summed E-state index contributed by atoms with van der Waals surface area (Å²) < 4.78 is 0. The van der Waals surface area contributed by atoms with Gasteiger partial charge < -0.3 is 20.4 Å². The van der Waals surface area contributed by atoms with E-state index in [4.69, 9.17) is 21.7 Å². The van der Waals surface area contributed by atoms with Crippen molar-refractivity contribution in [2.75, 3.05) is 33.6 Å². The zero-order valence-corrected chi connectivity index (χ0v) is 21.4. The number of rotatable bonds is 11. The lowest BCUT2D eigenvalue weighted by molar-refractivity contribution is -0.128. The molecule has 3 rings (SSSR count). The molecule has 1 amide bonds. The van der Waals surface area contributed by atoms with Crippen LogP contribution in [-0.2, 0) is 20.8 Å². The molecule has 196 valence electrons. The number of amides is 1. The van der Waals surface area contributed by atoms with Gasteiger partial charge in [0.05, 0.1) is 19.3 Å². The van der Waals surface area contributed by atoms with E-state index in [1.807, 2.05) is 12.1 Å². The van der Waals surface area contributed by atoms with Crippen molar-refractivity contribution in [3.63, 3.8) is 0 Å². The highest BCUT2D eigenvalue weighted by Gasteiger charge is 2.37. The summed E-state index contributed by atoms with van der Waals surface area (Å²) in [5.41, 5.74) is 2.00. The lowest BCUT2D eigenvalue weighted by Gasteiger charge is -2.33. The van der Waals surface area contributed by atoms with Crippen molar-refractivity contribution >= 4 is 34.9 Å². The van der Waals surface area contributed by atoms with Crippen molar-refractivity contribution in [3.8, 4) is 0 Å². The second kappa shape index (κ2) is 13.6. The molecule has 4 N–H and O–H groups in total. The first kappa shape index (κ1) is 28.0. The van der Waals surface area contributed by atoms with E-state index in [9.17, 15) is 19.5 Å². The Hall–Kier alpha value is -2.59. The molecule has 1 heterocycles. The fourth-order valence-corrected chi connectivity index (χ4v) is 4.78. The molecule has 2 atom stereocenters. The monoisotopic (exact) mass is 518 g/mol. The van der Waals surface area contributed by atoms with Gasteiger partial charge in [-0.3, -0.25) is 19.7 Å². The Labute approximate surface area is 216 Å². The summed E-state index contributed by atoms with van der Waals surface area (Å²) in [6.45, 7) is 0.265. The molecule has 0 spiro atoms. The summed E-state index contributed by atoms with van der Waals surface area (Å²) in [7, 11) is 1.74. The highest BCUT2D eigenvalue weighted by molar-refractivity contribution is 6.30. The van der Waals surface area contributed by atoms with Crippen molar-refractivity contribution in [3.05, 3.63) is 46.1 Å². The number of Topliss-reactive ketones (excluding diaryl/α,β-unsaturated/α-hetero) is 2. The van der Waals surface area contributed by atoms with Crippen LogP contribution in [0.25, 0.3) is 0 Å². The van der Waals surface area contributed by atoms with Gasteiger partial charge in [-0.1, -0.05) is 23.7 Å². The van der Waals surface area contributed by atoms with E-state index in [-0.39, 0.29) is 50.3 Å². The predicted octanol–water partition coefficient (Wildman–Crippen LogP) is 1.81. The zero-order valence-electron chi connectivity index (χ0n) is 20.6. The molecule has 1 aliphatic heterocycles. The Morgan fingerprint density at radius 3 is 2.61 bits per heavy atom. The fraction of sp³-hybridized carbons (Fsp3) is 0.538. The van der Waals surface area contributed by atoms with Crippen LogP contribution in [0.2, 0.25) is 5.02 Å². The van der Waals surface area contributed by atoms with Gasteiger partial charge in [-0.05, 0) is 55.4 Å². The molecule has 1 aromatic carbocycles.